The van der Waals surface area contributed by atoms with Gasteiger partial charge in [-0.1, -0.05) is 0 Å². The third-order valence-electron chi connectivity index (χ3n) is 7.44. The number of aromatic nitrogens is 4. The molecule has 39 heavy (non-hydrogen) atoms. The summed E-state index contributed by atoms with van der Waals surface area (Å²) in [5, 5.41) is 0. The highest BCUT2D eigenvalue weighted by molar-refractivity contribution is 5.99. The number of pyridine rings is 2. The lowest BCUT2D eigenvalue weighted by Crippen LogP contribution is -2.40. The summed E-state index contributed by atoms with van der Waals surface area (Å²) in [6.45, 7) is 8.92. The minimum atomic E-state index is -0.528. The van der Waals surface area contributed by atoms with Gasteiger partial charge in [0.2, 0.25) is 0 Å². The third-order valence-corrected chi connectivity index (χ3v) is 7.44. The fraction of sp³-hybridized carbons (Fsp3) is 0.333. The summed E-state index contributed by atoms with van der Waals surface area (Å²) >= 11 is 0. The van der Waals surface area contributed by atoms with Crippen molar-refractivity contribution in [2.75, 3.05) is 13.2 Å². The first-order chi connectivity index (χ1) is 18.7. The van der Waals surface area contributed by atoms with E-state index in [1.54, 1.807) is 41.8 Å². The first-order valence-corrected chi connectivity index (χ1v) is 13.1. The van der Waals surface area contributed by atoms with E-state index < -0.39 is 5.82 Å². The first-order valence-electron chi connectivity index (χ1n) is 13.1. The van der Waals surface area contributed by atoms with Crippen molar-refractivity contribution in [3.8, 4) is 16.9 Å². The van der Waals surface area contributed by atoms with Crippen LogP contribution in [0.1, 0.15) is 58.5 Å². The number of aryl methyl sites for hydroxylation is 3. The van der Waals surface area contributed by atoms with Crippen LogP contribution in [0.25, 0.3) is 11.1 Å². The Morgan fingerprint density at radius 1 is 1.08 bits per heavy atom. The number of rotatable bonds is 7. The summed E-state index contributed by atoms with van der Waals surface area (Å²) in [4.78, 5) is 36.7. The molecule has 0 saturated heterocycles. The normalized spacial score (nSPS) is 13.9. The van der Waals surface area contributed by atoms with Gasteiger partial charge in [0.05, 0.1) is 24.5 Å². The molecule has 8 nitrogen and oxygen atoms in total. The van der Waals surface area contributed by atoms with Crippen molar-refractivity contribution in [1.82, 2.24) is 24.0 Å². The smallest absolute Gasteiger partial charge is 0.254 e. The Morgan fingerprint density at radius 2 is 1.85 bits per heavy atom. The minimum Gasteiger partial charge on any atom is -0.491 e. The Bertz CT molecular complexity index is 1620. The lowest BCUT2D eigenvalue weighted by atomic mass is 9.87. The van der Waals surface area contributed by atoms with Crippen LogP contribution in [0, 0.1) is 19.7 Å². The molecule has 0 bridgehead atoms. The summed E-state index contributed by atoms with van der Waals surface area (Å²) in [6.07, 6.45) is 7.29. The highest BCUT2D eigenvalue weighted by atomic mass is 19.1. The number of amides is 1. The number of nitrogens with zero attached hydrogens (tertiary/aromatic N) is 5. The Hall–Kier alpha value is -4.27. The van der Waals surface area contributed by atoms with E-state index in [0.29, 0.717) is 37.4 Å². The standard InChI is InChI=1S/C30H32FN5O3/c1-6-39-28-14-27(33-15-26(28)31)19(3)36-9-7-22-23(25-17-34(5)29(37)11-18(25)2)12-21(13-24(22)30(36)38)16-35-10-8-32-20(35)4/h8,10-15,17,19H,6-7,9,16H2,1-5H3/t19-/m0/s1. The van der Waals surface area contributed by atoms with Crippen LogP contribution in [0.2, 0.25) is 0 Å². The molecule has 0 radical (unpaired) electrons. The highest BCUT2D eigenvalue weighted by Gasteiger charge is 2.32. The van der Waals surface area contributed by atoms with Gasteiger partial charge in [0.1, 0.15) is 5.82 Å². The minimum absolute atomic E-state index is 0.0791. The zero-order valence-corrected chi connectivity index (χ0v) is 22.9. The molecule has 0 saturated carbocycles. The van der Waals surface area contributed by atoms with Gasteiger partial charge in [0.15, 0.2) is 11.6 Å². The fourth-order valence-electron chi connectivity index (χ4n) is 5.24. The second kappa shape index (κ2) is 10.5. The molecule has 202 valence electrons. The summed E-state index contributed by atoms with van der Waals surface area (Å²) in [7, 11) is 1.73. The number of ether oxygens (including phenoxy) is 1. The monoisotopic (exact) mass is 529 g/mol. The zero-order valence-electron chi connectivity index (χ0n) is 22.9. The van der Waals surface area contributed by atoms with Crippen LogP contribution in [-0.2, 0) is 20.0 Å². The van der Waals surface area contributed by atoms with Crippen molar-refractivity contribution >= 4 is 5.91 Å². The average molecular weight is 530 g/mol. The van der Waals surface area contributed by atoms with Crippen LogP contribution in [0.15, 0.2) is 53.8 Å². The number of halogens is 1. The van der Waals surface area contributed by atoms with E-state index in [2.05, 4.69) is 16.0 Å². The molecule has 0 N–H and O–H groups in total. The van der Waals surface area contributed by atoms with Crippen molar-refractivity contribution in [2.45, 2.75) is 46.7 Å². The average Bonchev–Trinajstić information content (AvgIpc) is 3.31. The zero-order chi connectivity index (χ0) is 27.8. The highest BCUT2D eigenvalue weighted by Crippen LogP contribution is 2.36. The fourth-order valence-corrected chi connectivity index (χ4v) is 5.24. The second-order valence-electron chi connectivity index (χ2n) is 9.99. The SMILES string of the molecule is CCOc1cc([C@H](C)N2CCc3c(cc(Cn4ccnc4C)cc3-c3cn(C)c(=O)cc3C)C2=O)ncc1F. The Kier molecular flexibility index (Phi) is 7.08. The molecule has 1 amide bonds. The van der Waals surface area contributed by atoms with Gasteiger partial charge in [-0.05, 0) is 68.5 Å². The van der Waals surface area contributed by atoms with Gasteiger partial charge in [0.25, 0.3) is 11.5 Å². The van der Waals surface area contributed by atoms with E-state index in [4.69, 9.17) is 4.74 Å². The molecule has 0 spiro atoms. The van der Waals surface area contributed by atoms with Crippen LogP contribution >= 0.6 is 0 Å². The van der Waals surface area contributed by atoms with Crippen molar-refractivity contribution in [3.63, 3.8) is 0 Å². The first kappa shape index (κ1) is 26.3. The molecule has 3 aromatic heterocycles. The predicted molar refractivity (Wildman–Crippen MR) is 146 cm³/mol. The topological polar surface area (TPSA) is 82.2 Å². The molecule has 1 aromatic carbocycles. The maximum absolute atomic E-state index is 14.2. The van der Waals surface area contributed by atoms with Crippen molar-refractivity contribution in [2.24, 2.45) is 7.05 Å². The van der Waals surface area contributed by atoms with Crippen LogP contribution in [0.5, 0.6) is 5.75 Å². The molecule has 4 aromatic rings. The number of hydrogen-bond donors (Lipinski definition) is 0. The third kappa shape index (κ3) is 4.96. The second-order valence-corrected chi connectivity index (χ2v) is 9.99. The van der Waals surface area contributed by atoms with Crippen LogP contribution in [-0.4, -0.2) is 43.1 Å². The molecule has 0 fully saturated rings. The molecule has 1 aliphatic rings. The summed E-state index contributed by atoms with van der Waals surface area (Å²) in [6, 6.07) is 6.90. The van der Waals surface area contributed by atoms with Gasteiger partial charge in [0, 0.05) is 62.0 Å². The van der Waals surface area contributed by atoms with Gasteiger partial charge >= 0.3 is 0 Å². The van der Waals surface area contributed by atoms with Gasteiger partial charge < -0.3 is 18.8 Å². The van der Waals surface area contributed by atoms with E-state index in [1.165, 1.54) is 0 Å². The van der Waals surface area contributed by atoms with Crippen LogP contribution < -0.4 is 10.3 Å². The number of fused-ring (bicyclic) bond motifs is 1. The molecule has 1 aliphatic heterocycles. The summed E-state index contributed by atoms with van der Waals surface area (Å²) in [5.74, 6) is 0.367. The van der Waals surface area contributed by atoms with Crippen molar-refractivity contribution < 1.29 is 13.9 Å². The number of carbonyl (C=O) groups excluding carboxylic acids is 1. The molecule has 1 atom stereocenters. The summed E-state index contributed by atoms with van der Waals surface area (Å²) < 4.78 is 23.2. The van der Waals surface area contributed by atoms with E-state index in [-0.39, 0.29) is 23.3 Å². The van der Waals surface area contributed by atoms with E-state index in [0.717, 1.165) is 39.8 Å². The molecule has 5 rings (SSSR count). The van der Waals surface area contributed by atoms with E-state index >= 15 is 0 Å². The molecule has 0 unspecified atom stereocenters. The van der Waals surface area contributed by atoms with Crippen LogP contribution in [0.4, 0.5) is 4.39 Å². The number of hydrogen-bond acceptors (Lipinski definition) is 5. The molecule has 9 heteroatoms. The Labute approximate surface area is 226 Å². The van der Waals surface area contributed by atoms with Gasteiger partial charge in [-0.3, -0.25) is 14.6 Å². The van der Waals surface area contributed by atoms with Crippen molar-refractivity contribution in [3.05, 3.63) is 99.0 Å². The molecule has 0 aliphatic carbocycles. The molecular formula is C30H32FN5O3. The Morgan fingerprint density at radius 3 is 2.56 bits per heavy atom. The lowest BCUT2D eigenvalue weighted by Gasteiger charge is -2.35. The Balaban J connectivity index is 1.60. The maximum atomic E-state index is 14.2. The predicted octanol–water partition coefficient (Wildman–Crippen LogP) is 4.61. The number of imidazole rings is 1. The maximum Gasteiger partial charge on any atom is 0.254 e. The van der Waals surface area contributed by atoms with Crippen molar-refractivity contribution in [1.29, 1.82) is 0 Å². The molecular weight excluding hydrogens is 497 g/mol. The van der Waals surface area contributed by atoms with Gasteiger partial charge in [-0.2, -0.15) is 0 Å². The summed E-state index contributed by atoms with van der Waals surface area (Å²) in [5.41, 5.74) is 5.76. The lowest BCUT2D eigenvalue weighted by molar-refractivity contribution is 0.0669. The van der Waals surface area contributed by atoms with E-state index in [9.17, 15) is 14.0 Å². The number of benzene rings is 1. The van der Waals surface area contributed by atoms with E-state index in [1.807, 2.05) is 43.8 Å². The van der Waals surface area contributed by atoms with Gasteiger partial charge in [-0.25, -0.2) is 9.37 Å². The number of carbonyl (C=O) groups is 1. The largest absolute Gasteiger partial charge is 0.491 e. The quantitative estimate of drug-likeness (QED) is 0.349. The molecule has 4 heterocycles. The van der Waals surface area contributed by atoms with Crippen LogP contribution in [0.3, 0.4) is 0 Å². The van der Waals surface area contributed by atoms with Gasteiger partial charge in [-0.15, -0.1) is 0 Å².